The Kier molecular flexibility index (Phi) is 5.78. The number of anilines is 1. The van der Waals surface area contributed by atoms with Crippen LogP contribution in [0.2, 0.25) is 0 Å². The first kappa shape index (κ1) is 23.6. The summed E-state index contributed by atoms with van der Waals surface area (Å²) in [7, 11) is 0. The van der Waals surface area contributed by atoms with E-state index in [-0.39, 0.29) is 5.60 Å². The molecule has 2 aliphatic carbocycles. The van der Waals surface area contributed by atoms with Crippen LogP contribution in [0.25, 0.3) is 10.9 Å². The lowest BCUT2D eigenvalue weighted by molar-refractivity contribution is -0.0615. The molecule has 7 nitrogen and oxygen atoms in total. The number of H-pyrrole nitrogens is 1. The molecule has 1 aromatic carbocycles. The number of aromatic amines is 1. The van der Waals surface area contributed by atoms with E-state index in [9.17, 15) is 5.11 Å². The number of pyridine rings is 1. The smallest absolute Gasteiger partial charge is 0.141 e. The van der Waals surface area contributed by atoms with Crippen LogP contribution in [0.4, 0.5) is 5.69 Å². The van der Waals surface area contributed by atoms with Gasteiger partial charge in [0.05, 0.1) is 24.0 Å². The summed E-state index contributed by atoms with van der Waals surface area (Å²) < 4.78 is 6.86. The molecule has 1 fully saturated rings. The fourth-order valence-electron chi connectivity index (χ4n) is 6.58. The summed E-state index contributed by atoms with van der Waals surface area (Å²) in [5.74, 6) is 0.970. The zero-order valence-electron chi connectivity index (χ0n) is 21.7. The molecular formula is C31H35N5O2. The van der Waals surface area contributed by atoms with Gasteiger partial charge in [-0.1, -0.05) is 24.8 Å². The van der Waals surface area contributed by atoms with Crippen LogP contribution in [-0.2, 0) is 17.6 Å². The Hall–Kier alpha value is -3.55. The second-order valence-electron chi connectivity index (χ2n) is 11.1. The summed E-state index contributed by atoms with van der Waals surface area (Å²) in [6, 6.07) is 10.5. The van der Waals surface area contributed by atoms with Crippen LogP contribution in [0.3, 0.4) is 0 Å². The molecule has 0 radical (unpaired) electrons. The molecule has 0 saturated carbocycles. The highest BCUT2D eigenvalue weighted by atomic mass is 16.5. The number of fused-ring (bicyclic) bond motifs is 2. The van der Waals surface area contributed by atoms with Gasteiger partial charge >= 0.3 is 0 Å². The Balaban J connectivity index is 1.19. The predicted molar refractivity (Wildman–Crippen MR) is 150 cm³/mol. The van der Waals surface area contributed by atoms with Gasteiger partial charge in [0.2, 0.25) is 0 Å². The third kappa shape index (κ3) is 4.10. The van der Waals surface area contributed by atoms with Gasteiger partial charge in [-0.05, 0) is 61.2 Å². The van der Waals surface area contributed by atoms with Crippen LogP contribution in [0.1, 0.15) is 48.6 Å². The fourth-order valence-corrected chi connectivity index (χ4v) is 6.58. The van der Waals surface area contributed by atoms with Crippen molar-refractivity contribution in [3.63, 3.8) is 0 Å². The van der Waals surface area contributed by atoms with Crippen molar-refractivity contribution in [2.75, 3.05) is 31.5 Å². The van der Waals surface area contributed by atoms with E-state index in [4.69, 9.17) is 4.74 Å². The average Bonchev–Trinajstić information content (AvgIpc) is 3.53. The van der Waals surface area contributed by atoms with E-state index in [0.717, 1.165) is 98.7 Å². The molecule has 1 spiro atoms. The minimum Gasteiger partial charge on any atom is -0.483 e. The van der Waals surface area contributed by atoms with Crippen LogP contribution >= 0.6 is 0 Å². The zero-order valence-corrected chi connectivity index (χ0v) is 21.7. The Morgan fingerprint density at radius 1 is 1.21 bits per heavy atom. The van der Waals surface area contributed by atoms with Crippen LogP contribution in [0, 0.1) is 0 Å². The molecule has 1 saturated heterocycles. The van der Waals surface area contributed by atoms with Crippen molar-refractivity contribution >= 4 is 16.6 Å². The fraction of sp³-hybridized carbons (Fsp3) is 0.387. The Labute approximate surface area is 223 Å². The third-order valence-corrected chi connectivity index (χ3v) is 8.69. The van der Waals surface area contributed by atoms with Crippen LogP contribution in [0.15, 0.2) is 78.1 Å². The van der Waals surface area contributed by atoms with Crippen LogP contribution in [0.5, 0.6) is 0 Å². The SMILES string of the molecule is C=C1CC2=C(C=C1Nc1ccnc3c1CCC3O)OC1(CCNCC1)CN2CCc1c[nH]c2ccccc12. The van der Waals surface area contributed by atoms with Crippen LogP contribution in [-0.4, -0.2) is 51.8 Å². The number of ether oxygens (including phenoxy) is 1. The first-order chi connectivity index (χ1) is 18.6. The first-order valence-corrected chi connectivity index (χ1v) is 13.8. The largest absolute Gasteiger partial charge is 0.483 e. The van der Waals surface area contributed by atoms with Gasteiger partial charge in [-0.3, -0.25) is 4.98 Å². The second-order valence-corrected chi connectivity index (χ2v) is 11.1. The highest BCUT2D eigenvalue weighted by Gasteiger charge is 2.42. The molecule has 0 amide bonds. The van der Waals surface area contributed by atoms with Gasteiger partial charge in [-0.2, -0.15) is 0 Å². The van der Waals surface area contributed by atoms with Gasteiger partial charge in [0.25, 0.3) is 0 Å². The molecule has 4 aliphatic rings. The van der Waals surface area contributed by atoms with E-state index in [1.165, 1.54) is 22.2 Å². The number of hydrogen-bond acceptors (Lipinski definition) is 6. The van der Waals surface area contributed by atoms with Gasteiger partial charge in [0.1, 0.15) is 11.4 Å². The Bertz CT molecular complexity index is 1460. The minimum atomic E-state index is -0.475. The van der Waals surface area contributed by atoms with Crippen LogP contribution < -0.4 is 10.6 Å². The summed E-state index contributed by atoms with van der Waals surface area (Å²) in [6.07, 6.45) is 10.9. The maximum absolute atomic E-state index is 10.3. The number of nitrogens with one attached hydrogen (secondary N) is 3. The van der Waals surface area contributed by atoms with Gasteiger partial charge in [-0.25, -0.2) is 0 Å². The van der Waals surface area contributed by atoms with Crippen molar-refractivity contribution in [2.45, 2.75) is 50.2 Å². The summed E-state index contributed by atoms with van der Waals surface area (Å²) >= 11 is 0. The monoisotopic (exact) mass is 509 g/mol. The van der Waals surface area contributed by atoms with E-state index in [1.54, 1.807) is 6.20 Å². The third-order valence-electron chi connectivity index (χ3n) is 8.69. The van der Waals surface area contributed by atoms with E-state index in [2.05, 4.69) is 68.6 Å². The lowest BCUT2D eigenvalue weighted by Crippen LogP contribution is -2.54. The number of aliphatic hydroxyl groups excluding tert-OH is 1. The van der Waals surface area contributed by atoms with Gasteiger partial charge in [0.15, 0.2) is 0 Å². The minimum absolute atomic E-state index is 0.174. The number of rotatable bonds is 5. The highest BCUT2D eigenvalue weighted by molar-refractivity contribution is 5.83. The number of piperidine rings is 1. The molecule has 38 heavy (non-hydrogen) atoms. The summed E-state index contributed by atoms with van der Waals surface area (Å²) in [5, 5.41) is 18.7. The molecule has 3 aromatic rings. The summed E-state index contributed by atoms with van der Waals surface area (Å²) in [6.45, 7) is 8.27. The second kappa shape index (κ2) is 9.33. The summed E-state index contributed by atoms with van der Waals surface area (Å²) in [4.78, 5) is 10.4. The first-order valence-electron chi connectivity index (χ1n) is 13.8. The highest BCUT2D eigenvalue weighted by Crippen LogP contribution is 2.42. The molecule has 7 heteroatoms. The van der Waals surface area contributed by atoms with Crippen molar-refractivity contribution in [1.29, 1.82) is 0 Å². The number of para-hydroxylation sites is 1. The van der Waals surface area contributed by atoms with Crippen molar-refractivity contribution in [1.82, 2.24) is 20.2 Å². The van der Waals surface area contributed by atoms with E-state index >= 15 is 0 Å². The van der Waals surface area contributed by atoms with E-state index in [1.807, 2.05) is 6.07 Å². The van der Waals surface area contributed by atoms with Crippen molar-refractivity contribution in [3.8, 4) is 0 Å². The molecule has 7 rings (SSSR count). The molecule has 4 heterocycles. The molecule has 2 aliphatic heterocycles. The summed E-state index contributed by atoms with van der Waals surface area (Å²) in [5.41, 5.74) is 8.56. The number of aliphatic hydroxyl groups is 1. The number of benzene rings is 1. The van der Waals surface area contributed by atoms with Gasteiger partial charge in [-0.15, -0.1) is 0 Å². The molecule has 196 valence electrons. The maximum atomic E-state index is 10.3. The van der Waals surface area contributed by atoms with Crippen molar-refractivity contribution in [2.24, 2.45) is 0 Å². The Morgan fingerprint density at radius 2 is 2.08 bits per heavy atom. The molecule has 2 aromatic heterocycles. The normalized spacial score (nSPS) is 22.3. The molecule has 1 unspecified atom stereocenters. The maximum Gasteiger partial charge on any atom is 0.141 e. The lowest BCUT2D eigenvalue weighted by Gasteiger charge is -2.48. The Morgan fingerprint density at radius 3 is 2.97 bits per heavy atom. The van der Waals surface area contributed by atoms with Crippen molar-refractivity contribution < 1.29 is 9.84 Å². The zero-order chi connectivity index (χ0) is 25.7. The van der Waals surface area contributed by atoms with E-state index < -0.39 is 6.10 Å². The van der Waals surface area contributed by atoms with E-state index in [0.29, 0.717) is 0 Å². The molecule has 4 N–H and O–H groups in total. The molecule has 1 atom stereocenters. The topological polar surface area (TPSA) is 85.4 Å². The number of hydrogen-bond donors (Lipinski definition) is 4. The number of allylic oxidation sites excluding steroid dienone is 3. The predicted octanol–water partition coefficient (Wildman–Crippen LogP) is 4.71. The number of aromatic nitrogens is 2. The van der Waals surface area contributed by atoms with Gasteiger partial charge < -0.3 is 30.4 Å². The van der Waals surface area contributed by atoms with Gasteiger partial charge in [0, 0.05) is 66.6 Å². The quantitative estimate of drug-likeness (QED) is 0.399. The average molecular weight is 510 g/mol. The van der Waals surface area contributed by atoms with Crippen molar-refractivity contribution in [3.05, 3.63) is 94.9 Å². The molecule has 0 bridgehead atoms. The standard InChI is InChI=1S/C31H35N5O2/c1-20-16-27-29(17-26(20)35-25-8-12-33-30-23(25)6-7-28(30)37)38-31(10-13-32-14-11-31)19-36(27)15-9-21-18-34-24-5-3-2-4-22(21)24/h2-5,8,12,17-18,28,32,34,37H,1,6-7,9-11,13-16,19H2,(H,33,35). The number of nitrogens with zero attached hydrogens (tertiary/aromatic N) is 2. The lowest BCUT2D eigenvalue weighted by atomic mass is 9.87. The molecular weight excluding hydrogens is 474 g/mol.